The lowest BCUT2D eigenvalue weighted by molar-refractivity contribution is -0.136. The molecule has 0 aliphatic carbocycles. The predicted molar refractivity (Wildman–Crippen MR) is 79.5 cm³/mol. The van der Waals surface area contributed by atoms with Gasteiger partial charge >= 0.3 is 5.97 Å². The standard InChI is InChI=1S/C15H12ClN3O2/c1-9-2-4-10(5-3-9)12-8-14-17-11(7-15(20)21)6-13(16)19(14)18-12/h2-6,8H,7H2,1H3,(H,20,21). The summed E-state index contributed by atoms with van der Waals surface area (Å²) >= 11 is 6.14. The van der Waals surface area contributed by atoms with Crippen molar-refractivity contribution in [2.75, 3.05) is 0 Å². The molecule has 3 rings (SSSR count). The van der Waals surface area contributed by atoms with E-state index in [9.17, 15) is 4.79 Å². The monoisotopic (exact) mass is 301 g/mol. The van der Waals surface area contributed by atoms with Crippen LogP contribution in [0.15, 0.2) is 36.4 Å². The molecule has 0 bridgehead atoms. The highest BCUT2D eigenvalue weighted by atomic mass is 35.5. The van der Waals surface area contributed by atoms with Crippen molar-refractivity contribution in [2.45, 2.75) is 13.3 Å². The van der Waals surface area contributed by atoms with Crippen LogP contribution in [0.25, 0.3) is 16.9 Å². The Morgan fingerprint density at radius 2 is 2.00 bits per heavy atom. The fraction of sp³-hybridized carbons (Fsp3) is 0.133. The van der Waals surface area contributed by atoms with Gasteiger partial charge in [-0.15, -0.1) is 0 Å². The Labute approximate surface area is 125 Å². The van der Waals surface area contributed by atoms with Crippen molar-refractivity contribution in [2.24, 2.45) is 0 Å². The Kier molecular flexibility index (Phi) is 3.35. The summed E-state index contributed by atoms with van der Waals surface area (Å²) in [7, 11) is 0. The second-order valence-corrected chi connectivity index (χ2v) is 5.19. The molecule has 1 N–H and O–H groups in total. The molecule has 6 heteroatoms. The van der Waals surface area contributed by atoms with Crippen LogP contribution in [0, 0.1) is 6.92 Å². The molecule has 5 nitrogen and oxygen atoms in total. The Bertz CT molecular complexity index is 825. The summed E-state index contributed by atoms with van der Waals surface area (Å²) in [4.78, 5) is 15.0. The molecular weight excluding hydrogens is 290 g/mol. The van der Waals surface area contributed by atoms with Gasteiger partial charge in [0.15, 0.2) is 5.65 Å². The summed E-state index contributed by atoms with van der Waals surface area (Å²) in [5.74, 6) is -0.943. The molecule has 0 fully saturated rings. The number of fused-ring (bicyclic) bond motifs is 1. The fourth-order valence-electron chi connectivity index (χ4n) is 2.10. The Morgan fingerprint density at radius 1 is 1.29 bits per heavy atom. The van der Waals surface area contributed by atoms with Crippen LogP contribution in [-0.4, -0.2) is 25.7 Å². The lowest BCUT2D eigenvalue weighted by Gasteiger charge is -2.00. The summed E-state index contributed by atoms with van der Waals surface area (Å²) in [5, 5.41) is 13.6. The third-order valence-electron chi connectivity index (χ3n) is 3.12. The van der Waals surface area contributed by atoms with Crippen LogP contribution in [-0.2, 0) is 11.2 Å². The molecule has 0 atom stereocenters. The molecule has 0 unspecified atom stereocenters. The molecule has 0 aliphatic heterocycles. The molecule has 0 radical (unpaired) electrons. The minimum absolute atomic E-state index is 0.165. The average molecular weight is 302 g/mol. The zero-order chi connectivity index (χ0) is 15.0. The number of aromatic nitrogens is 3. The van der Waals surface area contributed by atoms with Crippen LogP contribution >= 0.6 is 11.6 Å². The number of halogens is 1. The van der Waals surface area contributed by atoms with Gasteiger partial charge < -0.3 is 5.11 Å². The first kappa shape index (κ1) is 13.6. The highest BCUT2D eigenvalue weighted by molar-refractivity contribution is 6.29. The van der Waals surface area contributed by atoms with Crippen LogP contribution < -0.4 is 0 Å². The second kappa shape index (κ2) is 5.18. The lowest BCUT2D eigenvalue weighted by Crippen LogP contribution is -2.04. The number of hydrogen-bond acceptors (Lipinski definition) is 3. The number of nitrogens with zero attached hydrogens (tertiary/aromatic N) is 3. The molecule has 0 amide bonds. The van der Waals surface area contributed by atoms with Gasteiger partial charge in [-0.3, -0.25) is 4.79 Å². The van der Waals surface area contributed by atoms with E-state index in [0.29, 0.717) is 16.5 Å². The molecule has 106 valence electrons. The third-order valence-corrected chi connectivity index (χ3v) is 3.39. The van der Waals surface area contributed by atoms with Gasteiger partial charge in [0.2, 0.25) is 0 Å². The SMILES string of the molecule is Cc1ccc(-c2cc3nc(CC(=O)O)cc(Cl)n3n2)cc1. The zero-order valence-electron chi connectivity index (χ0n) is 11.2. The summed E-state index contributed by atoms with van der Waals surface area (Å²) < 4.78 is 1.50. The van der Waals surface area contributed by atoms with Gasteiger partial charge in [0.05, 0.1) is 17.8 Å². The molecular formula is C15H12ClN3O2. The van der Waals surface area contributed by atoms with Crippen LogP contribution in [0.5, 0.6) is 0 Å². The van der Waals surface area contributed by atoms with E-state index < -0.39 is 5.97 Å². The van der Waals surface area contributed by atoms with Crippen molar-refractivity contribution < 1.29 is 9.90 Å². The minimum Gasteiger partial charge on any atom is -0.481 e. The molecule has 0 aliphatic rings. The van der Waals surface area contributed by atoms with Crippen molar-refractivity contribution in [3.63, 3.8) is 0 Å². The molecule has 3 aromatic rings. The first-order valence-corrected chi connectivity index (χ1v) is 6.75. The van der Waals surface area contributed by atoms with Crippen molar-refractivity contribution in [1.29, 1.82) is 0 Å². The van der Waals surface area contributed by atoms with E-state index in [4.69, 9.17) is 16.7 Å². The Morgan fingerprint density at radius 3 is 2.67 bits per heavy atom. The first-order chi connectivity index (χ1) is 10.0. The van der Waals surface area contributed by atoms with Gasteiger partial charge in [-0.2, -0.15) is 5.10 Å². The lowest BCUT2D eigenvalue weighted by atomic mass is 10.1. The number of carboxylic acid groups (broad SMARTS) is 1. The van der Waals surface area contributed by atoms with E-state index in [0.717, 1.165) is 11.3 Å². The Balaban J connectivity index is 2.09. The minimum atomic E-state index is -0.943. The highest BCUT2D eigenvalue weighted by Gasteiger charge is 2.11. The summed E-state index contributed by atoms with van der Waals surface area (Å²) in [6.07, 6.45) is -0.165. The summed E-state index contributed by atoms with van der Waals surface area (Å²) in [5.41, 5.74) is 3.82. The van der Waals surface area contributed by atoms with Crippen LogP contribution in [0.3, 0.4) is 0 Å². The quantitative estimate of drug-likeness (QED) is 0.755. The molecule has 2 aromatic heterocycles. The number of aryl methyl sites for hydroxylation is 1. The third kappa shape index (κ3) is 2.73. The maximum Gasteiger partial charge on any atom is 0.309 e. The van der Waals surface area contributed by atoms with Gasteiger partial charge in [0.25, 0.3) is 0 Å². The number of carbonyl (C=O) groups is 1. The molecule has 0 saturated carbocycles. The molecule has 0 saturated heterocycles. The molecule has 1 aromatic carbocycles. The van der Waals surface area contributed by atoms with E-state index in [1.165, 1.54) is 16.1 Å². The van der Waals surface area contributed by atoms with Crippen molar-refractivity contribution >= 4 is 23.2 Å². The van der Waals surface area contributed by atoms with Crippen LogP contribution in [0.1, 0.15) is 11.3 Å². The van der Waals surface area contributed by atoms with E-state index >= 15 is 0 Å². The molecule has 0 spiro atoms. The van der Waals surface area contributed by atoms with Crippen molar-refractivity contribution in [3.05, 3.63) is 52.8 Å². The second-order valence-electron chi connectivity index (χ2n) is 4.81. The van der Waals surface area contributed by atoms with E-state index in [1.54, 1.807) is 6.07 Å². The number of benzene rings is 1. The van der Waals surface area contributed by atoms with Gasteiger partial charge in [0, 0.05) is 11.6 Å². The smallest absolute Gasteiger partial charge is 0.309 e. The van der Waals surface area contributed by atoms with Crippen LogP contribution in [0.2, 0.25) is 5.15 Å². The Hall–Kier alpha value is -2.40. The van der Waals surface area contributed by atoms with Gasteiger partial charge in [-0.1, -0.05) is 41.4 Å². The van der Waals surface area contributed by atoms with E-state index in [2.05, 4.69) is 10.1 Å². The molecule has 21 heavy (non-hydrogen) atoms. The van der Waals surface area contributed by atoms with Crippen molar-refractivity contribution in [3.8, 4) is 11.3 Å². The van der Waals surface area contributed by atoms with Gasteiger partial charge in [-0.05, 0) is 13.0 Å². The van der Waals surface area contributed by atoms with Gasteiger partial charge in [-0.25, -0.2) is 9.50 Å². The largest absolute Gasteiger partial charge is 0.481 e. The highest BCUT2D eigenvalue weighted by Crippen LogP contribution is 2.22. The summed E-state index contributed by atoms with van der Waals surface area (Å²) in [6, 6.07) is 11.3. The predicted octanol–water partition coefficient (Wildman–Crippen LogP) is 2.99. The van der Waals surface area contributed by atoms with E-state index in [-0.39, 0.29) is 6.42 Å². The van der Waals surface area contributed by atoms with Crippen LogP contribution in [0.4, 0.5) is 0 Å². The normalized spacial score (nSPS) is 11.0. The van der Waals surface area contributed by atoms with E-state index in [1.807, 2.05) is 31.2 Å². The fourth-order valence-corrected chi connectivity index (χ4v) is 2.35. The number of rotatable bonds is 3. The number of carboxylic acids is 1. The average Bonchev–Trinajstić information content (AvgIpc) is 2.83. The number of aliphatic carboxylic acids is 1. The first-order valence-electron chi connectivity index (χ1n) is 6.37. The number of hydrogen-bond donors (Lipinski definition) is 1. The van der Waals surface area contributed by atoms with Gasteiger partial charge in [0.1, 0.15) is 5.15 Å². The molecule has 2 heterocycles. The zero-order valence-corrected chi connectivity index (χ0v) is 12.0. The maximum absolute atomic E-state index is 10.8. The maximum atomic E-state index is 10.8. The summed E-state index contributed by atoms with van der Waals surface area (Å²) in [6.45, 7) is 2.02. The topological polar surface area (TPSA) is 67.5 Å². The van der Waals surface area contributed by atoms with Crippen molar-refractivity contribution in [1.82, 2.24) is 14.6 Å².